The molecule has 0 aliphatic heterocycles. The quantitative estimate of drug-likeness (QED) is 0.634. The largest absolute Gasteiger partial charge is 0.370 e. The molecule has 0 atom stereocenters. The molecule has 1 fully saturated rings. The van der Waals surface area contributed by atoms with Gasteiger partial charge in [0.1, 0.15) is 0 Å². The highest BCUT2D eigenvalue weighted by Crippen LogP contribution is 2.17. The van der Waals surface area contributed by atoms with Crippen LogP contribution in [0.5, 0.6) is 0 Å². The first-order chi connectivity index (χ1) is 8.75. The minimum absolute atomic E-state index is 0.512. The van der Waals surface area contributed by atoms with Crippen molar-refractivity contribution in [3.05, 3.63) is 29.6 Å². The molecule has 0 amide bonds. The first-order valence-corrected chi connectivity index (χ1v) is 6.71. The van der Waals surface area contributed by atoms with Crippen molar-refractivity contribution >= 4 is 5.96 Å². The van der Waals surface area contributed by atoms with E-state index in [4.69, 9.17) is 5.73 Å². The van der Waals surface area contributed by atoms with Crippen LogP contribution in [0, 0.1) is 6.92 Å². The molecule has 0 bridgehead atoms. The lowest BCUT2D eigenvalue weighted by Crippen LogP contribution is -2.41. The van der Waals surface area contributed by atoms with Crippen molar-refractivity contribution in [1.29, 1.82) is 0 Å². The highest BCUT2D eigenvalue weighted by Gasteiger charge is 2.13. The van der Waals surface area contributed by atoms with Gasteiger partial charge in [0.05, 0.1) is 6.54 Å². The maximum Gasteiger partial charge on any atom is 0.189 e. The molecule has 0 unspecified atom stereocenters. The van der Waals surface area contributed by atoms with E-state index in [1.807, 2.05) is 12.3 Å². The molecule has 98 valence electrons. The van der Waals surface area contributed by atoms with Gasteiger partial charge in [0.15, 0.2) is 5.96 Å². The molecule has 1 heterocycles. The lowest BCUT2D eigenvalue weighted by atomic mass is 9.96. The third kappa shape index (κ3) is 3.72. The van der Waals surface area contributed by atoms with Crippen molar-refractivity contribution in [2.75, 3.05) is 0 Å². The molecular formula is C14H22N4. The molecule has 1 aromatic rings. The summed E-state index contributed by atoms with van der Waals surface area (Å²) in [5.41, 5.74) is 8.26. The van der Waals surface area contributed by atoms with Crippen LogP contribution in [-0.4, -0.2) is 17.0 Å². The summed E-state index contributed by atoms with van der Waals surface area (Å²) in [5, 5.41) is 3.32. The van der Waals surface area contributed by atoms with Gasteiger partial charge in [-0.3, -0.25) is 4.98 Å². The number of aromatic nitrogens is 1. The van der Waals surface area contributed by atoms with E-state index in [2.05, 4.69) is 22.2 Å². The Hall–Kier alpha value is -1.58. The van der Waals surface area contributed by atoms with Crippen LogP contribution < -0.4 is 11.1 Å². The van der Waals surface area contributed by atoms with Crippen LogP contribution in [0.25, 0.3) is 0 Å². The van der Waals surface area contributed by atoms with Crippen LogP contribution in [0.2, 0.25) is 0 Å². The Morgan fingerprint density at radius 3 is 2.94 bits per heavy atom. The van der Waals surface area contributed by atoms with Gasteiger partial charge >= 0.3 is 0 Å². The van der Waals surface area contributed by atoms with E-state index in [0.717, 1.165) is 5.56 Å². The number of aliphatic imine (C=N–C) groups is 1. The van der Waals surface area contributed by atoms with Gasteiger partial charge in [-0.15, -0.1) is 0 Å². The molecule has 0 saturated heterocycles. The Kier molecular flexibility index (Phi) is 4.56. The lowest BCUT2D eigenvalue weighted by Gasteiger charge is -2.23. The second-order valence-corrected chi connectivity index (χ2v) is 4.98. The number of rotatable bonds is 3. The number of nitrogens with zero attached hydrogens (tertiary/aromatic N) is 2. The third-order valence-electron chi connectivity index (χ3n) is 3.52. The van der Waals surface area contributed by atoms with Crippen LogP contribution in [0.4, 0.5) is 0 Å². The zero-order valence-corrected chi connectivity index (χ0v) is 11.0. The van der Waals surface area contributed by atoms with Crippen molar-refractivity contribution in [2.24, 2.45) is 10.7 Å². The number of nitrogens with two attached hydrogens (primary N) is 1. The molecular weight excluding hydrogens is 224 g/mol. The first-order valence-electron chi connectivity index (χ1n) is 6.71. The molecule has 3 N–H and O–H groups in total. The van der Waals surface area contributed by atoms with E-state index >= 15 is 0 Å². The fourth-order valence-corrected chi connectivity index (χ4v) is 2.33. The number of aryl methyl sites for hydroxylation is 1. The Morgan fingerprint density at radius 2 is 2.22 bits per heavy atom. The van der Waals surface area contributed by atoms with Crippen molar-refractivity contribution in [3.63, 3.8) is 0 Å². The lowest BCUT2D eigenvalue weighted by molar-refractivity contribution is 0.412. The number of guanidine groups is 1. The van der Waals surface area contributed by atoms with Crippen molar-refractivity contribution < 1.29 is 0 Å². The Labute approximate surface area is 109 Å². The highest BCUT2D eigenvalue weighted by atomic mass is 15.1. The number of hydrogen-bond acceptors (Lipinski definition) is 2. The second kappa shape index (κ2) is 6.38. The fourth-order valence-electron chi connectivity index (χ4n) is 2.33. The Bertz CT molecular complexity index is 408. The van der Waals surface area contributed by atoms with E-state index in [-0.39, 0.29) is 0 Å². The van der Waals surface area contributed by atoms with Crippen molar-refractivity contribution in [1.82, 2.24) is 10.3 Å². The molecule has 0 aromatic carbocycles. The summed E-state index contributed by atoms with van der Waals surface area (Å²) in [6.45, 7) is 2.67. The molecule has 18 heavy (non-hydrogen) atoms. The molecule has 1 aliphatic rings. The van der Waals surface area contributed by atoms with Gasteiger partial charge in [-0.2, -0.15) is 0 Å². The fraction of sp³-hybridized carbons (Fsp3) is 0.571. The SMILES string of the molecule is Cc1ccncc1CN=C(N)NC1CCCCC1. The van der Waals surface area contributed by atoms with Gasteiger partial charge in [-0.1, -0.05) is 19.3 Å². The van der Waals surface area contributed by atoms with Gasteiger partial charge in [-0.25, -0.2) is 4.99 Å². The zero-order chi connectivity index (χ0) is 12.8. The molecule has 1 aliphatic carbocycles. The predicted molar refractivity (Wildman–Crippen MR) is 74.3 cm³/mol. The summed E-state index contributed by atoms with van der Waals surface area (Å²) >= 11 is 0. The molecule has 0 spiro atoms. The van der Waals surface area contributed by atoms with Crippen LogP contribution in [-0.2, 0) is 6.54 Å². The van der Waals surface area contributed by atoms with Gasteiger partial charge in [0.2, 0.25) is 0 Å². The molecule has 0 radical (unpaired) electrons. The van der Waals surface area contributed by atoms with E-state index in [9.17, 15) is 0 Å². The van der Waals surface area contributed by atoms with Gasteiger partial charge in [0, 0.05) is 18.4 Å². The number of hydrogen-bond donors (Lipinski definition) is 2. The van der Waals surface area contributed by atoms with Gasteiger partial charge in [0.25, 0.3) is 0 Å². The zero-order valence-electron chi connectivity index (χ0n) is 11.0. The van der Waals surface area contributed by atoms with Crippen molar-refractivity contribution in [3.8, 4) is 0 Å². The summed E-state index contributed by atoms with van der Waals surface area (Å²) < 4.78 is 0. The van der Waals surface area contributed by atoms with E-state index in [1.54, 1.807) is 6.20 Å². The smallest absolute Gasteiger partial charge is 0.189 e. The standard InChI is InChI=1S/C14H22N4/c1-11-7-8-16-9-12(11)10-17-14(15)18-13-5-3-2-4-6-13/h7-9,13H,2-6,10H2,1H3,(H3,15,17,18). The summed E-state index contributed by atoms with van der Waals surface area (Å²) in [5.74, 6) is 0.560. The second-order valence-electron chi connectivity index (χ2n) is 4.98. The van der Waals surface area contributed by atoms with E-state index < -0.39 is 0 Å². The van der Waals surface area contributed by atoms with E-state index in [1.165, 1.54) is 37.7 Å². The molecule has 1 aromatic heterocycles. The summed E-state index contributed by atoms with van der Waals surface area (Å²) in [4.78, 5) is 8.50. The monoisotopic (exact) mass is 246 g/mol. The molecule has 4 nitrogen and oxygen atoms in total. The summed E-state index contributed by atoms with van der Waals surface area (Å²) in [7, 11) is 0. The van der Waals surface area contributed by atoms with Crippen LogP contribution in [0.15, 0.2) is 23.5 Å². The third-order valence-corrected chi connectivity index (χ3v) is 3.52. The summed E-state index contributed by atoms with van der Waals surface area (Å²) in [6, 6.07) is 2.51. The maximum atomic E-state index is 5.92. The van der Waals surface area contributed by atoms with Crippen LogP contribution in [0.3, 0.4) is 0 Å². The number of pyridine rings is 1. The Balaban J connectivity index is 1.86. The maximum absolute atomic E-state index is 5.92. The highest BCUT2D eigenvalue weighted by molar-refractivity contribution is 5.78. The number of nitrogens with one attached hydrogen (secondary N) is 1. The molecule has 1 saturated carbocycles. The first kappa shape index (κ1) is 12.9. The average Bonchev–Trinajstić information content (AvgIpc) is 2.39. The minimum atomic E-state index is 0.512. The molecule has 4 heteroatoms. The minimum Gasteiger partial charge on any atom is -0.370 e. The van der Waals surface area contributed by atoms with Gasteiger partial charge < -0.3 is 11.1 Å². The van der Waals surface area contributed by atoms with Gasteiger partial charge in [-0.05, 0) is 37.0 Å². The van der Waals surface area contributed by atoms with Crippen molar-refractivity contribution in [2.45, 2.75) is 51.6 Å². The summed E-state index contributed by atoms with van der Waals surface area (Å²) in [6.07, 6.45) is 10.0. The average molecular weight is 246 g/mol. The topological polar surface area (TPSA) is 63.3 Å². The predicted octanol–water partition coefficient (Wildman–Crippen LogP) is 2.13. The van der Waals surface area contributed by atoms with E-state index in [0.29, 0.717) is 18.5 Å². The normalized spacial score (nSPS) is 17.7. The van der Waals surface area contributed by atoms with Crippen LogP contribution >= 0.6 is 0 Å². The molecule has 2 rings (SSSR count). The Morgan fingerprint density at radius 1 is 1.44 bits per heavy atom. The van der Waals surface area contributed by atoms with Crippen LogP contribution in [0.1, 0.15) is 43.2 Å².